The maximum atomic E-state index is 5.24. The molecular weight excluding hydrogens is 316 g/mol. The van der Waals surface area contributed by atoms with Gasteiger partial charge < -0.3 is 4.90 Å². The number of hydrogen-bond acceptors (Lipinski definition) is 2. The lowest BCUT2D eigenvalue weighted by atomic mass is 9.94. The van der Waals surface area contributed by atoms with Gasteiger partial charge in [0.05, 0.1) is 12.2 Å². The maximum Gasteiger partial charge on any atom is 0.141 e. The zero-order valence-corrected chi connectivity index (χ0v) is 14.7. The SMILES string of the molecule is c1ccc2c(c1)CN1C2=Nc2cc3ccc2CCc2ccc(cc21)CC3. The van der Waals surface area contributed by atoms with Crippen LogP contribution in [-0.2, 0) is 32.2 Å². The molecule has 0 atom stereocenters. The summed E-state index contributed by atoms with van der Waals surface area (Å²) < 4.78 is 0. The first-order chi connectivity index (χ1) is 12.8. The van der Waals surface area contributed by atoms with Gasteiger partial charge in [0.2, 0.25) is 0 Å². The van der Waals surface area contributed by atoms with E-state index in [1.807, 2.05) is 0 Å². The molecule has 3 heterocycles. The predicted octanol–water partition coefficient (Wildman–Crippen LogP) is 4.98. The van der Waals surface area contributed by atoms with Crippen LogP contribution in [0.5, 0.6) is 0 Å². The van der Waals surface area contributed by atoms with E-state index in [0.717, 1.165) is 43.8 Å². The van der Waals surface area contributed by atoms with Crippen molar-refractivity contribution in [3.05, 3.63) is 94.0 Å². The van der Waals surface area contributed by atoms with Crippen LogP contribution in [-0.4, -0.2) is 5.84 Å². The molecule has 3 aromatic carbocycles. The zero-order valence-electron chi connectivity index (χ0n) is 14.7. The van der Waals surface area contributed by atoms with Crippen molar-refractivity contribution in [2.24, 2.45) is 4.99 Å². The molecule has 0 aliphatic carbocycles. The number of aliphatic imine (C=N–C) groups is 1. The van der Waals surface area contributed by atoms with Gasteiger partial charge in [0.15, 0.2) is 0 Å². The second-order valence-electron chi connectivity index (χ2n) is 7.60. The number of benzene rings is 3. The van der Waals surface area contributed by atoms with Crippen molar-refractivity contribution in [1.29, 1.82) is 0 Å². The summed E-state index contributed by atoms with van der Waals surface area (Å²) in [6.45, 7) is 0.917. The van der Waals surface area contributed by atoms with E-state index in [9.17, 15) is 0 Å². The summed E-state index contributed by atoms with van der Waals surface area (Å²) in [6.07, 6.45) is 4.28. The summed E-state index contributed by atoms with van der Waals surface area (Å²) in [5.41, 5.74) is 10.8. The van der Waals surface area contributed by atoms with Crippen LogP contribution in [0, 0.1) is 0 Å². The van der Waals surface area contributed by atoms with Gasteiger partial charge in [-0.2, -0.15) is 0 Å². The van der Waals surface area contributed by atoms with Crippen LogP contribution >= 0.6 is 0 Å². The van der Waals surface area contributed by atoms with Crippen molar-refractivity contribution in [3.63, 3.8) is 0 Å². The number of anilines is 1. The van der Waals surface area contributed by atoms with Crippen LogP contribution in [0.15, 0.2) is 65.7 Å². The number of hydrogen-bond donors (Lipinski definition) is 0. The molecule has 2 heteroatoms. The van der Waals surface area contributed by atoms with Crippen LogP contribution in [0.4, 0.5) is 11.4 Å². The van der Waals surface area contributed by atoms with E-state index in [0.29, 0.717) is 0 Å². The van der Waals surface area contributed by atoms with Crippen molar-refractivity contribution in [2.75, 3.05) is 4.90 Å². The molecule has 0 unspecified atom stereocenters. The molecule has 0 saturated heterocycles. The molecule has 6 rings (SSSR count). The van der Waals surface area contributed by atoms with Crippen molar-refractivity contribution in [1.82, 2.24) is 0 Å². The number of amidine groups is 1. The van der Waals surface area contributed by atoms with E-state index in [4.69, 9.17) is 4.99 Å². The molecule has 0 radical (unpaired) electrons. The molecule has 3 aliphatic heterocycles. The van der Waals surface area contributed by atoms with Gasteiger partial charge in [0.1, 0.15) is 5.84 Å². The molecule has 0 N–H and O–H groups in total. The van der Waals surface area contributed by atoms with Gasteiger partial charge >= 0.3 is 0 Å². The Morgan fingerprint density at radius 2 is 1.46 bits per heavy atom. The highest BCUT2D eigenvalue weighted by atomic mass is 15.2. The largest absolute Gasteiger partial charge is 0.321 e. The molecule has 0 spiro atoms. The minimum Gasteiger partial charge on any atom is -0.321 e. The maximum absolute atomic E-state index is 5.24. The molecule has 0 saturated carbocycles. The fourth-order valence-corrected chi connectivity index (χ4v) is 4.57. The van der Waals surface area contributed by atoms with Gasteiger partial charge in [0.25, 0.3) is 0 Å². The topological polar surface area (TPSA) is 15.6 Å². The first-order valence-electron chi connectivity index (χ1n) is 9.53. The van der Waals surface area contributed by atoms with E-state index in [1.165, 1.54) is 39.1 Å². The monoisotopic (exact) mass is 336 g/mol. The second kappa shape index (κ2) is 5.31. The number of fused-ring (bicyclic) bond motifs is 3. The van der Waals surface area contributed by atoms with E-state index in [1.54, 1.807) is 0 Å². The molecule has 0 fully saturated rings. The van der Waals surface area contributed by atoms with Gasteiger partial charge in [-0.3, -0.25) is 0 Å². The van der Waals surface area contributed by atoms with E-state index >= 15 is 0 Å². The Morgan fingerprint density at radius 1 is 0.692 bits per heavy atom. The van der Waals surface area contributed by atoms with Crippen LogP contribution in [0.1, 0.15) is 33.4 Å². The van der Waals surface area contributed by atoms with Crippen LogP contribution in [0.3, 0.4) is 0 Å². The summed E-state index contributed by atoms with van der Waals surface area (Å²) in [5.74, 6) is 1.11. The highest BCUT2D eigenvalue weighted by molar-refractivity contribution is 6.15. The fraction of sp³-hybridized carbons (Fsp3) is 0.208. The third-order valence-electron chi connectivity index (χ3n) is 6.02. The first kappa shape index (κ1) is 14.3. The molecule has 4 bridgehead atoms. The first-order valence-corrected chi connectivity index (χ1v) is 9.53. The molecular formula is C24H20N2. The van der Waals surface area contributed by atoms with Gasteiger partial charge in [-0.15, -0.1) is 0 Å². The molecule has 0 aromatic heterocycles. The highest BCUT2D eigenvalue weighted by Crippen LogP contribution is 2.37. The molecule has 3 aromatic rings. The Labute approximate surface area is 153 Å². The predicted molar refractivity (Wildman–Crippen MR) is 107 cm³/mol. The lowest BCUT2D eigenvalue weighted by Gasteiger charge is -2.23. The Morgan fingerprint density at radius 3 is 2.38 bits per heavy atom. The van der Waals surface area contributed by atoms with Crippen molar-refractivity contribution in [3.8, 4) is 0 Å². The van der Waals surface area contributed by atoms with Crippen molar-refractivity contribution < 1.29 is 0 Å². The van der Waals surface area contributed by atoms with Crippen LogP contribution < -0.4 is 4.90 Å². The van der Waals surface area contributed by atoms with Gasteiger partial charge in [-0.05, 0) is 65.6 Å². The Balaban J connectivity index is 1.71. The fourth-order valence-electron chi connectivity index (χ4n) is 4.57. The number of rotatable bonds is 0. The average molecular weight is 336 g/mol. The molecule has 126 valence electrons. The third-order valence-corrected chi connectivity index (χ3v) is 6.02. The van der Waals surface area contributed by atoms with Gasteiger partial charge in [0, 0.05) is 11.3 Å². The lowest BCUT2D eigenvalue weighted by Crippen LogP contribution is -2.25. The van der Waals surface area contributed by atoms with E-state index < -0.39 is 0 Å². The van der Waals surface area contributed by atoms with Crippen LogP contribution in [0.25, 0.3) is 0 Å². The normalized spacial score (nSPS) is 16.6. The van der Waals surface area contributed by atoms with E-state index in [-0.39, 0.29) is 0 Å². The molecule has 0 amide bonds. The van der Waals surface area contributed by atoms with Gasteiger partial charge in [-0.25, -0.2) is 4.99 Å². The Bertz CT molecular complexity index is 1080. The lowest BCUT2D eigenvalue weighted by molar-refractivity contribution is 0.914. The van der Waals surface area contributed by atoms with Gasteiger partial charge in [-0.1, -0.05) is 48.5 Å². The summed E-state index contributed by atoms with van der Waals surface area (Å²) in [4.78, 5) is 7.68. The summed E-state index contributed by atoms with van der Waals surface area (Å²) in [7, 11) is 0. The van der Waals surface area contributed by atoms with Crippen molar-refractivity contribution in [2.45, 2.75) is 32.2 Å². The van der Waals surface area contributed by atoms with E-state index in [2.05, 4.69) is 65.6 Å². The minimum absolute atomic E-state index is 0.917. The Kier molecular flexibility index (Phi) is 2.92. The standard InChI is InChI=1S/C24H20N2/c1-2-4-21-20(3-1)15-26-23-14-17-6-5-16-7-9-18(11-12-19(23)10-8-17)22(13-16)25-24(21)26/h1-4,7-10,13-14H,5-6,11-12,15H2. The molecule has 26 heavy (non-hydrogen) atoms. The highest BCUT2D eigenvalue weighted by Gasteiger charge is 2.29. The third kappa shape index (κ3) is 2.08. The van der Waals surface area contributed by atoms with Crippen LogP contribution in [0.2, 0.25) is 0 Å². The average Bonchev–Trinajstić information content (AvgIpc) is 3.03. The van der Waals surface area contributed by atoms with Crippen molar-refractivity contribution >= 4 is 17.2 Å². The number of aryl methyl sites for hydroxylation is 4. The summed E-state index contributed by atoms with van der Waals surface area (Å²) in [5, 5.41) is 0. The molecule has 2 nitrogen and oxygen atoms in total. The number of nitrogens with zero attached hydrogens (tertiary/aromatic N) is 2. The quantitative estimate of drug-likeness (QED) is 0.565. The second-order valence-corrected chi connectivity index (χ2v) is 7.60. The minimum atomic E-state index is 0.917. The zero-order chi connectivity index (χ0) is 17.1. The summed E-state index contributed by atoms with van der Waals surface area (Å²) in [6, 6.07) is 22.7. The smallest absolute Gasteiger partial charge is 0.141 e. The molecule has 3 aliphatic rings. The Hall–Kier alpha value is -2.87. The summed E-state index contributed by atoms with van der Waals surface area (Å²) >= 11 is 0.